The number of carbonyl (C=O) groups is 2. The Morgan fingerprint density at radius 1 is 0.438 bits per heavy atom. The summed E-state index contributed by atoms with van der Waals surface area (Å²) in [6.07, 6.45) is 74.1. The number of nitrogens with zero attached hydrogens (tertiary/aromatic N) is 1. The molecule has 10 heteroatoms. The van der Waals surface area contributed by atoms with Crippen LogP contribution in [0.1, 0.15) is 348 Å². The number of unbranched alkanes of at least 4 members (excludes halogenated alkanes) is 44. The van der Waals surface area contributed by atoms with E-state index in [0.29, 0.717) is 17.4 Å². The van der Waals surface area contributed by atoms with Gasteiger partial charge in [-0.2, -0.15) is 0 Å². The average molecular weight is 1150 g/mol. The van der Waals surface area contributed by atoms with Crippen molar-refractivity contribution in [2.45, 2.75) is 360 Å². The van der Waals surface area contributed by atoms with Crippen molar-refractivity contribution in [3.05, 3.63) is 36.5 Å². The zero-order valence-electron chi connectivity index (χ0n) is 54.1. The minimum absolute atomic E-state index is 0.0206. The molecule has 0 aliphatic carbocycles. The number of allylic oxidation sites excluding steroid dienone is 5. The predicted molar refractivity (Wildman–Crippen MR) is 344 cm³/mol. The van der Waals surface area contributed by atoms with Gasteiger partial charge < -0.3 is 28.5 Å². The molecule has 472 valence electrons. The van der Waals surface area contributed by atoms with Crippen molar-refractivity contribution in [1.82, 2.24) is 5.32 Å². The van der Waals surface area contributed by atoms with Crippen molar-refractivity contribution in [3.8, 4) is 0 Å². The molecule has 80 heavy (non-hydrogen) atoms. The molecule has 0 rings (SSSR count). The number of quaternary nitrogens is 1. The van der Waals surface area contributed by atoms with E-state index in [-0.39, 0.29) is 31.5 Å². The van der Waals surface area contributed by atoms with Crippen LogP contribution in [0.2, 0.25) is 0 Å². The van der Waals surface area contributed by atoms with E-state index in [4.69, 9.17) is 13.8 Å². The molecule has 0 spiro atoms. The van der Waals surface area contributed by atoms with Crippen LogP contribution < -0.4 is 10.2 Å². The summed E-state index contributed by atoms with van der Waals surface area (Å²) in [6, 6.07) is -0.887. The SMILES string of the molecule is CCCCC/C=C\C/C=C\CCCCCCCCCCCC(=O)NC(COP(=O)([O-])OCC[N+](C)(C)C)C(/C=C/CCCCCCCCCCCC)OC(=O)CCCCCCCCCCCCCCCCCCCCCCCCC. The van der Waals surface area contributed by atoms with Gasteiger partial charge in [-0.05, 0) is 63.9 Å². The fourth-order valence-electron chi connectivity index (χ4n) is 10.4. The molecule has 0 aromatic rings. The molecule has 0 saturated heterocycles. The maximum Gasteiger partial charge on any atom is 0.306 e. The van der Waals surface area contributed by atoms with Crippen molar-refractivity contribution < 1.29 is 37.3 Å². The highest BCUT2D eigenvalue weighted by Crippen LogP contribution is 2.38. The lowest BCUT2D eigenvalue weighted by Gasteiger charge is -2.30. The standard InChI is InChI=1S/C70H135N2O7P/c1-7-10-13-16-19-22-25-28-30-32-34-35-36-37-39-41-43-45-48-51-54-57-60-63-70(74)79-68(61-58-55-52-49-46-27-24-21-18-15-12-9-3)67(66-78-80(75,76)77-65-64-72(4,5)6)71-69(73)62-59-56-53-50-47-44-42-40-38-33-31-29-26-23-20-17-14-11-8-2/h20,23,29,31,58,61,67-68H,7-19,21-22,24-28,30,32-57,59-60,62-66H2,1-6H3,(H-,71,73,75,76)/b23-20-,31-29-,61-58+. The average Bonchev–Trinajstić information content (AvgIpc) is 3.42. The number of nitrogens with one attached hydrogen (secondary N) is 1. The molecule has 0 heterocycles. The largest absolute Gasteiger partial charge is 0.756 e. The third kappa shape index (κ3) is 60.8. The Kier molecular flexibility index (Phi) is 59.0. The third-order valence-corrected chi connectivity index (χ3v) is 16.8. The summed E-state index contributed by atoms with van der Waals surface area (Å²) in [4.78, 5) is 40.1. The third-order valence-electron chi connectivity index (χ3n) is 15.8. The molecule has 0 saturated carbocycles. The smallest absolute Gasteiger partial charge is 0.306 e. The number of phosphoric ester groups is 1. The second kappa shape index (κ2) is 60.4. The molecule has 1 N–H and O–H groups in total. The van der Waals surface area contributed by atoms with Crippen molar-refractivity contribution in [1.29, 1.82) is 0 Å². The minimum Gasteiger partial charge on any atom is -0.756 e. The maximum absolute atomic E-state index is 13.6. The number of hydrogen-bond donors (Lipinski definition) is 1. The van der Waals surface area contributed by atoms with Crippen molar-refractivity contribution in [2.24, 2.45) is 0 Å². The summed E-state index contributed by atoms with van der Waals surface area (Å²) in [5, 5.41) is 3.04. The van der Waals surface area contributed by atoms with E-state index in [1.165, 1.54) is 238 Å². The molecule has 3 atom stereocenters. The van der Waals surface area contributed by atoms with Crippen LogP contribution in [0.4, 0.5) is 0 Å². The van der Waals surface area contributed by atoms with Gasteiger partial charge in [0.15, 0.2) is 0 Å². The van der Waals surface area contributed by atoms with Crippen LogP contribution in [0.5, 0.6) is 0 Å². The van der Waals surface area contributed by atoms with E-state index in [1.807, 2.05) is 33.3 Å². The van der Waals surface area contributed by atoms with Crippen LogP contribution in [0.25, 0.3) is 0 Å². The normalized spacial score (nSPS) is 13.7. The lowest BCUT2D eigenvalue weighted by Crippen LogP contribution is -2.47. The lowest BCUT2D eigenvalue weighted by molar-refractivity contribution is -0.870. The zero-order valence-corrected chi connectivity index (χ0v) is 54.9. The Labute approximate surface area is 497 Å². The van der Waals surface area contributed by atoms with Crippen LogP contribution in [-0.4, -0.2) is 69.4 Å². The van der Waals surface area contributed by atoms with Crippen molar-refractivity contribution >= 4 is 19.7 Å². The Bertz CT molecular complexity index is 1460. The molecule has 0 aromatic heterocycles. The Balaban J connectivity index is 5.07. The van der Waals surface area contributed by atoms with Gasteiger partial charge in [0.05, 0.1) is 33.8 Å². The molecule has 0 aromatic carbocycles. The number of esters is 1. The molecule has 0 aliphatic heterocycles. The highest BCUT2D eigenvalue weighted by atomic mass is 31.2. The fraction of sp³-hybridized carbons (Fsp3) is 0.886. The second-order valence-electron chi connectivity index (χ2n) is 25.0. The van der Waals surface area contributed by atoms with Gasteiger partial charge in [0, 0.05) is 12.8 Å². The Morgan fingerprint density at radius 2 is 0.762 bits per heavy atom. The first kappa shape index (κ1) is 78.2. The first-order valence-electron chi connectivity index (χ1n) is 34.8. The topological polar surface area (TPSA) is 114 Å². The van der Waals surface area contributed by atoms with Crippen LogP contribution in [0, 0.1) is 0 Å². The van der Waals surface area contributed by atoms with Crippen LogP contribution in [-0.2, 0) is 27.9 Å². The van der Waals surface area contributed by atoms with E-state index < -0.39 is 20.0 Å². The van der Waals surface area contributed by atoms with E-state index in [9.17, 15) is 19.0 Å². The molecule has 0 fully saturated rings. The minimum atomic E-state index is -4.70. The molecule has 0 bridgehead atoms. The molecule has 1 amide bonds. The maximum atomic E-state index is 13.6. The quantitative estimate of drug-likeness (QED) is 0.0212. The number of likely N-dealkylation sites (N-methyl/N-ethyl adjacent to an activating group) is 1. The molecular weight excluding hydrogens is 1010 g/mol. The van der Waals surface area contributed by atoms with E-state index in [1.54, 1.807) is 0 Å². The van der Waals surface area contributed by atoms with Crippen molar-refractivity contribution in [3.63, 3.8) is 0 Å². The molecule has 3 unspecified atom stereocenters. The summed E-state index contributed by atoms with van der Waals surface area (Å²) in [7, 11) is 1.20. The van der Waals surface area contributed by atoms with Gasteiger partial charge in [0.2, 0.25) is 5.91 Å². The first-order chi connectivity index (χ1) is 38.9. The number of amides is 1. The Hall–Kier alpha value is -1.77. The van der Waals surface area contributed by atoms with Gasteiger partial charge in [-0.3, -0.25) is 14.2 Å². The summed E-state index contributed by atoms with van der Waals surface area (Å²) in [5.41, 5.74) is 0. The molecule has 0 radical (unpaired) electrons. The summed E-state index contributed by atoms with van der Waals surface area (Å²) < 4.78 is 30.4. The van der Waals surface area contributed by atoms with Crippen LogP contribution in [0.3, 0.4) is 0 Å². The fourth-order valence-corrected chi connectivity index (χ4v) is 11.2. The first-order valence-corrected chi connectivity index (χ1v) is 36.3. The highest BCUT2D eigenvalue weighted by molar-refractivity contribution is 7.45. The van der Waals surface area contributed by atoms with Gasteiger partial charge in [-0.1, -0.05) is 308 Å². The van der Waals surface area contributed by atoms with Crippen LogP contribution in [0.15, 0.2) is 36.5 Å². The monoisotopic (exact) mass is 1150 g/mol. The van der Waals surface area contributed by atoms with Gasteiger partial charge in [-0.25, -0.2) is 0 Å². The predicted octanol–water partition coefficient (Wildman–Crippen LogP) is 21.2. The number of rotatable bonds is 64. The van der Waals surface area contributed by atoms with Gasteiger partial charge in [-0.15, -0.1) is 0 Å². The number of phosphoric acid groups is 1. The van der Waals surface area contributed by atoms with Gasteiger partial charge >= 0.3 is 5.97 Å². The van der Waals surface area contributed by atoms with E-state index in [0.717, 1.165) is 77.0 Å². The summed E-state index contributed by atoms with van der Waals surface area (Å²) >= 11 is 0. The molecule has 9 nitrogen and oxygen atoms in total. The number of carbonyl (C=O) groups excluding carboxylic acids is 2. The molecule has 0 aliphatic rings. The van der Waals surface area contributed by atoms with E-state index >= 15 is 0 Å². The number of hydrogen-bond acceptors (Lipinski definition) is 7. The second-order valence-corrected chi connectivity index (χ2v) is 26.5. The summed E-state index contributed by atoms with van der Waals surface area (Å²) in [5.74, 6) is -0.527. The lowest BCUT2D eigenvalue weighted by atomic mass is 10.0. The Morgan fingerprint density at radius 3 is 1.15 bits per heavy atom. The highest BCUT2D eigenvalue weighted by Gasteiger charge is 2.27. The van der Waals surface area contributed by atoms with Crippen molar-refractivity contribution in [2.75, 3.05) is 40.9 Å². The summed E-state index contributed by atoms with van der Waals surface area (Å²) in [6.45, 7) is 6.87. The van der Waals surface area contributed by atoms with Crippen LogP contribution >= 0.6 is 7.82 Å². The molecular formula is C70H135N2O7P. The van der Waals surface area contributed by atoms with Gasteiger partial charge in [0.25, 0.3) is 7.82 Å². The van der Waals surface area contributed by atoms with Gasteiger partial charge in [0.1, 0.15) is 19.3 Å². The zero-order chi connectivity index (χ0) is 58.6. The number of ether oxygens (including phenoxy) is 1. The van der Waals surface area contributed by atoms with E-state index in [2.05, 4.69) is 50.4 Å².